The van der Waals surface area contributed by atoms with Crippen LogP contribution in [0.3, 0.4) is 0 Å². The standard InChI is InChI=1S/C16H23N3O4/c1-11-7-13(23-17-11)9-18-5-3-16(4-6-18)8-14(15(21)22)19(10-16)12(2)20/h7,14H,3-6,8-10H2,1-2H3,(H,21,22)/t14-/m0/s1. The molecule has 0 saturated carbocycles. The molecule has 0 aromatic carbocycles. The van der Waals surface area contributed by atoms with Crippen molar-refractivity contribution in [2.45, 2.75) is 45.7 Å². The van der Waals surface area contributed by atoms with E-state index in [-0.39, 0.29) is 11.3 Å². The zero-order valence-corrected chi connectivity index (χ0v) is 13.6. The molecule has 1 N–H and O–H groups in total. The number of carbonyl (C=O) groups is 2. The SMILES string of the molecule is CC(=O)N1CC2(CCN(Cc3cc(C)no3)CC2)C[C@H]1C(=O)O. The lowest BCUT2D eigenvalue weighted by molar-refractivity contribution is -0.147. The summed E-state index contributed by atoms with van der Waals surface area (Å²) in [6.45, 7) is 6.43. The fraction of sp³-hybridized carbons (Fsp3) is 0.688. The number of carbonyl (C=O) groups excluding carboxylic acids is 1. The van der Waals surface area contributed by atoms with E-state index in [9.17, 15) is 14.7 Å². The van der Waals surface area contributed by atoms with Crippen molar-refractivity contribution in [1.82, 2.24) is 15.0 Å². The van der Waals surface area contributed by atoms with E-state index in [2.05, 4.69) is 10.1 Å². The number of nitrogens with zero attached hydrogens (tertiary/aromatic N) is 3. The summed E-state index contributed by atoms with van der Waals surface area (Å²) >= 11 is 0. The van der Waals surface area contributed by atoms with Crippen molar-refractivity contribution < 1.29 is 19.2 Å². The lowest BCUT2D eigenvalue weighted by atomic mass is 9.76. The molecular formula is C16H23N3O4. The molecule has 7 nitrogen and oxygen atoms in total. The third-order valence-corrected chi connectivity index (χ3v) is 5.17. The van der Waals surface area contributed by atoms with Crippen LogP contribution in [0.25, 0.3) is 0 Å². The lowest BCUT2D eigenvalue weighted by Crippen LogP contribution is -2.42. The summed E-state index contributed by atoms with van der Waals surface area (Å²) in [6.07, 6.45) is 2.39. The van der Waals surface area contributed by atoms with Gasteiger partial charge >= 0.3 is 5.97 Å². The average molecular weight is 321 g/mol. The molecule has 1 aromatic rings. The van der Waals surface area contributed by atoms with Crippen LogP contribution in [0.4, 0.5) is 0 Å². The number of hydrogen-bond acceptors (Lipinski definition) is 5. The molecule has 0 bridgehead atoms. The summed E-state index contributed by atoms with van der Waals surface area (Å²) in [5.41, 5.74) is 0.827. The number of piperidine rings is 1. The molecule has 0 unspecified atom stereocenters. The first-order valence-electron chi connectivity index (χ1n) is 8.03. The van der Waals surface area contributed by atoms with Crippen LogP contribution in [0.1, 0.15) is 37.6 Å². The van der Waals surface area contributed by atoms with Gasteiger partial charge in [-0.2, -0.15) is 0 Å². The Morgan fingerprint density at radius 2 is 2.13 bits per heavy atom. The molecule has 1 atom stereocenters. The highest BCUT2D eigenvalue weighted by atomic mass is 16.5. The number of carboxylic acids is 1. The number of likely N-dealkylation sites (tertiary alicyclic amines) is 2. The molecule has 2 aliphatic rings. The molecule has 3 heterocycles. The van der Waals surface area contributed by atoms with Gasteiger partial charge in [0.1, 0.15) is 6.04 Å². The molecule has 1 spiro atoms. The predicted molar refractivity (Wildman–Crippen MR) is 81.6 cm³/mol. The van der Waals surface area contributed by atoms with Crippen molar-refractivity contribution in [3.63, 3.8) is 0 Å². The highest BCUT2D eigenvalue weighted by Crippen LogP contribution is 2.43. The summed E-state index contributed by atoms with van der Waals surface area (Å²) in [4.78, 5) is 27.0. The van der Waals surface area contributed by atoms with Gasteiger partial charge < -0.3 is 14.5 Å². The molecule has 0 aliphatic carbocycles. The van der Waals surface area contributed by atoms with Crippen LogP contribution in [0.5, 0.6) is 0 Å². The van der Waals surface area contributed by atoms with Gasteiger partial charge in [-0.15, -0.1) is 0 Å². The minimum absolute atomic E-state index is 0.0530. The second-order valence-electron chi connectivity index (χ2n) is 6.92. The molecule has 3 rings (SSSR count). The maximum Gasteiger partial charge on any atom is 0.326 e. The van der Waals surface area contributed by atoms with E-state index in [4.69, 9.17) is 4.52 Å². The molecule has 0 radical (unpaired) electrons. The van der Waals surface area contributed by atoms with Crippen molar-refractivity contribution in [3.8, 4) is 0 Å². The van der Waals surface area contributed by atoms with E-state index in [1.165, 1.54) is 11.8 Å². The van der Waals surface area contributed by atoms with Crippen molar-refractivity contribution >= 4 is 11.9 Å². The average Bonchev–Trinajstić information content (AvgIpc) is 3.06. The Hall–Kier alpha value is -1.89. The van der Waals surface area contributed by atoms with Gasteiger partial charge in [0.25, 0.3) is 0 Å². The maximum absolute atomic E-state index is 11.7. The summed E-state index contributed by atoms with van der Waals surface area (Å²) in [6, 6.07) is 1.27. The van der Waals surface area contributed by atoms with Crippen LogP contribution < -0.4 is 0 Å². The Kier molecular flexibility index (Phi) is 4.14. The number of aliphatic carboxylic acids is 1. The van der Waals surface area contributed by atoms with Gasteiger partial charge in [-0.05, 0) is 44.7 Å². The van der Waals surface area contributed by atoms with E-state index in [1.807, 2.05) is 13.0 Å². The number of carboxylic acid groups (broad SMARTS) is 1. The van der Waals surface area contributed by atoms with E-state index >= 15 is 0 Å². The molecule has 2 fully saturated rings. The largest absolute Gasteiger partial charge is 0.480 e. The van der Waals surface area contributed by atoms with Crippen LogP contribution in [0.2, 0.25) is 0 Å². The second kappa shape index (κ2) is 5.96. The molecule has 2 saturated heterocycles. The molecule has 7 heteroatoms. The van der Waals surface area contributed by atoms with Crippen LogP contribution in [0, 0.1) is 12.3 Å². The Morgan fingerprint density at radius 1 is 1.43 bits per heavy atom. The molecule has 23 heavy (non-hydrogen) atoms. The number of amides is 1. The molecular weight excluding hydrogens is 298 g/mol. The number of hydrogen-bond donors (Lipinski definition) is 1. The lowest BCUT2D eigenvalue weighted by Gasteiger charge is -2.38. The monoisotopic (exact) mass is 321 g/mol. The van der Waals surface area contributed by atoms with Crippen molar-refractivity contribution in [2.24, 2.45) is 5.41 Å². The number of aromatic nitrogens is 1. The fourth-order valence-electron chi connectivity index (χ4n) is 3.87. The van der Waals surface area contributed by atoms with Crippen molar-refractivity contribution in [1.29, 1.82) is 0 Å². The van der Waals surface area contributed by atoms with E-state index in [0.29, 0.717) is 13.0 Å². The minimum Gasteiger partial charge on any atom is -0.480 e. The summed E-state index contributed by atoms with van der Waals surface area (Å²) in [5.74, 6) is -0.177. The molecule has 126 valence electrons. The van der Waals surface area contributed by atoms with Gasteiger partial charge in [-0.1, -0.05) is 5.16 Å². The van der Waals surface area contributed by atoms with E-state index < -0.39 is 12.0 Å². The highest BCUT2D eigenvalue weighted by Gasteiger charge is 2.49. The van der Waals surface area contributed by atoms with Gasteiger partial charge in [-0.3, -0.25) is 9.69 Å². The molecule has 1 aromatic heterocycles. The van der Waals surface area contributed by atoms with Gasteiger partial charge in [-0.25, -0.2) is 4.79 Å². The topological polar surface area (TPSA) is 86.9 Å². The summed E-state index contributed by atoms with van der Waals surface area (Å²) in [7, 11) is 0. The Morgan fingerprint density at radius 3 is 2.61 bits per heavy atom. The van der Waals surface area contributed by atoms with Gasteiger partial charge in [0.2, 0.25) is 5.91 Å². The zero-order chi connectivity index (χ0) is 16.6. The third kappa shape index (κ3) is 3.24. The Balaban J connectivity index is 1.61. The first-order chi connectivity index (χ1) is 10.9. The van der Waals surface area contributed by atoms with Crippen molar-refractivity contribution in [2.75, 3.05) is 19.6 Å². The Labute approximate surface area is 135 Å². The first kappa shape index (κ1) is 16.0. The number of rotatable bonds is 3. The minimum atomic E-state index is -0.892. The third-order valence-electron chi connectivity index (χ3n) is 5.17. The van der Waals surface area contributed by atoms with E-state index in [0.717, 1.165) is 43.9 Å². The van der Waals surface area contributed by atoms with Crippen LogP contribution in [-0.4, -0.2) is 57.6 Å². The van der Waals surface area contributed by atoms with Gasteiger partial charge in [0.05, 0.1) is 12.2 Å². The molecule has 2 aliphatic heterocycles. The van der Waals surface area contributed by atoms with Crippen molar-refractivity contribution in [3.05, 3.63) is 17.5 Å². The zero-order valence-electron chi connectivity index (χ0n) is 13.6. The smallest absolute Gasteiger partial charge is 0.326 e. The highest BCUT2D eigenvalue weighted by molar-refractivity contribution is 5.83. The fourth-order valence-corrected chi connectivity index (χ4v) is 3.87. The van der Waals surface area contributed by atoms with Crippen LogP contribution in [-0.2, 0) is 16.1 Å². The number of aryl methyl sites for hydroxylation is 1. The predicted octanol–water partition coefficient (Wildman–Crippen LogP) is 1.27. The second-order valence-corrected chi connectivity index (χ2v) is 6.92. The first-order valence-corrected chi connectivity index (χ1v) is 8.03. The van der Waals surface area contributed by atoms with Gasteiger partial charge in [0.15, 0.2) is 5.76 Å². The maximum atomic E-state index is 11.7. The van der Waals surface area contributed by atoms with Crippen LogP contribution >= 0.6 is 0 Å². The van der Waals surface area contributed by atoms with E-state index in [1.54, 1.807) is 0 Å². The molecule has 1 amide bonds. The summed E-state index contributed by atoms with van der Waals surface area (Å²) in [5, 5.41) is 13.3. The van der Waals surface area contributed by atoms with Gasteiger partial charge in [0, 0.05) is 19.5 Å². The normalized spacial score (nSPS) is 24.3. The van der Waals surface area contributed by atoms with Crippen LogP contribution in [0.15, 0.2) is 10.6 Å². The quantitative estimate of drug-likeness (QED) is 0.902. The summed E-state index contributed by atoms with van der Waals surface area (Å²) < 4.78 is 5.26. The Bertz CT molecular complexity index is 580.